The average Bonchev–Trinajstić information content (AvgIpc) is 2.87. The second-order valence-corrected chi connectivity index (χ2v) is 4.89. The molecule has 0 aliphatic heterocycles. The molecule has 2 atom stereocenters. The van der Waals surface area contributed by atoms with Crippen molar-refractivity contribution in [3.8, 4) is 0 Å². The number of rotatable bonds is 4. The highest BCUT2D eigenvalue weighted by molar-refractivity contribution is 5.50. The predicted octanol–water partition coefficient (Wildman–Crippen LogP) is 2.45. The zero-order chi connectivity index (χ0) is 13.1. The fraction of sp³-hybridized carbons (Fsp3) is 0.312. The zero-order valence-corrected chi connectivity index (χ0v) is 11.2. The quantitative estimate of drug-likeness (QED) is 0.876. The molecule has 0 saturated heterocycles. The van der Waals surface area contributed by atoms with E-state index < -0.39 is 6.10 Å². The molecule has 1 aromatic rings. The Kier molecular flexibility index (Phi) is 4.41. The summed E-state index contributed by atoms with van der Waals surface area (Å²) in [6, 6.07) is 10.1. The maximum atomic E-state index is 10.5. The van der Waals surface area contributed by atoms with Crippen LogP contribution in [0, 0.1) is 31.1 Å². The van der Waals surface area contributed by atoms with Gasteiger partial charge in [0.25, 0.3) is 0 Å². The Morgan fingerprint density at radius 1 is 1.00 bits per heavy atom. The number of hydrogen-bond acceptors (Lipinski definition) is 2. The molecule has 0 unspecified atom stereocenters. The van der Waals surface area contributed by atoms with Gasteiger partial charge in [-0.2, -0.15) is 0 Å². The Morgan fingerprint density at radius 3 is 2.22 bits per heavy atom. The summed E-state index contributed by atoms with van der Waals surface area (Å²) in [6.07, 6.45) is 5.56. The van der Waals surface area contributed by atoms with E-state index in [-0.39, 0.29) is 0 Å². The number of benzene rings is 1. The predicted molar refractivity (Wildman–Crippen MR) is 73.9 cm³/mol. The van der Waals surface area contributed by atoms with Gasteiger partial charge >= 0.3 is 0 Å². The van der Waals surface area contributed by atoms with Gasteiger partial charge in [-0.05, 0) is 45.8 Å². The van der Waals surface area contributed by atoms with Crippen LogP contribution in [0.15, 0.2) is 30.3 Å². The van der Waals surface area contributed by atoms with Crippen molar-refractivity contribution in [3.63, 3.8) is 0 Å². The van der Waals surface area contributed by atoms with Crippen molar-refractivity contribution in [3.05, 3.63) is 67.0 Å². The fourth-order valence-corrected chi connectivity index (χ4v) is 2.17. The molecule has 0 amide bonds. The van der Waals surface area contributed by atoms with E-state index in [0.29, 0.717) is 6.04 Å². The van der Waals surface area contributed by atoms with Crippen molar-refractivity contribution in [2.45, 2.75) is 19.1 Å². The lowest BCUT2D eigenvalue weighted by molar-refractivity contribution is 0.189. The minimum absolute atomic E-state index is 0.299. The SMILES string of the molecule is C[C@@H]([C]1[CH][CH][CH][C]1[C@H](O)c1ccccc1)N(C)C. The monoisotopic (exact) mass is 242 g/mol. The normalized spacial score (nSPS) is 21.4. The standard InChI is InChI=1S/C16H20NO/c1-12(17(2)3)14-10-7-11-15(14)16(18)13-8-5-4-6-9-13/h4-12,16,18H,1-3H3/t12-,16+/m0/s1. The molecule has 95 valence electrons. The van der Waals surface area contributed by atoms with Gasteiger partial charge in [-0.3, -0.25) is 0 Å². The largest absolute Gasteiger partial charge is 0.388 e. The van der Waals surface area contributed by atoms with E-state index in [1.165, 1.54) is 5.92 Å². The third kappa shape index (κ3) is 2.76. The molecule has 1 N–H and O–H groups in total. The van der Waals surface area contributed by atoms with Crippen molar-refractivity contribution in [2.24, 2.45) is 0 Å². The van der Waals surface area contributed by atoms with Gasteiger partial charge in [0.15, 0.2) is 0 Å². The molecule has 0 spiro atoms. The van der Waals surface area contributed by atoms with E-state index in [9.17, 15) is 5.11 Å². The first-order valence-electron chi connectivity index (χ1n) is 6.26. The second kappa shape index (κ2) is 5.85. The van der Waals surface area contributed by atoms with Crippen molar-refractivity contribution in [2.75, 3.05) is 14.1 Å². The van der Waals surface area contributed by atoms with Crippen molar-refractivity contribution >= 4 is 0 Å². The van der Waals surface area contributed by atoms with Crippen LogP contribution in [-0.2, 0) is 0 Å². The van der Waals surface area contributed by atoms with Crippen LogP contribution in [0.3, 0.4) is 0 Å². The molecular weight excluding hydrogens is 222 g/mol. The Bertz CT molecular complexity index is 363. The molecule has 5 radical (unpaired) electrons. The summed E-state index contributed by atoms with van der Waals surface area (Å²) < 4.78 is 0. The first-order valence-corrected chi connectivity index (χ1v) is 6.26. The summed E-state index contributed by atoms with van der Waals surface area (Å²) in [7, 11) is 4.10. The molecule has 1 aliphatic rings. The molecule has 2 nitrogen and oxygen atoms in total. The maximum absolute atomic E-state index is 10.5. The Balaban J connectivity index is 2.12. The van der Waals surface area contributed by atoms with Gasteiger partial charge in [-0.15, -0.1) is 0 Å². The number of aliphatic hydroxyl groups is 1. The fourth-order valence-electron chi connectivity index (χ4n) is 2.17. The maximum Gasteiger partial charge on any atom is 0.0862 e. The average molecular weight is 242 g/mol. The lowest BCUT2D eigenvalue weighted by Gasteiger charge is -2.32. The van der Waals surface area contributed by atoms with Crippen LogP contribution in [0.25, 0.3) is 0 Å². The first-order chi connectivity index (χ1) is 8.61. The Morgan fingerprint density at radius 2 is 1.61 bits per heavy atom. The van der Waals surface area contributed by atoms with Gasteiger partial charge < -0.3 is 10.0 Å². The molecule has 1 aromatic carbocycles. The summed E-state index contributed by atoms with van der Waals surface area (Å²) in [5.74, 6) is 2.19. The molecular formula is C16H20NO. The van der Waals surface area contributed by atoms with E-state index in [4.69, 9.17) is 0 Å². The third-order valence-corrected chi connectivity index (χ3v) is 3.52. The lowest BCUT2D eigenvalue weighted by atomic mass is 9.83. The van der Waals surface area contributed by atoms with Crippen LogP contribution in [0.5, 0.6) is 0 Å². The van der Waals surface area contributed by atoms with E-state index in [2.05, 4.69) is 32.3 Å². The topological polar surface area (TPSA) is 23.5 Å². The van der Waals surface area contributed by atoms with Crippen molar-refractivity contribution < 1.29 is 5.11 Å². The smallest absolute Gasteiger partial charge is 0.0862 e. The highest BCUT2D eigenvalue weighted by Gasteiger charge is 2.38. The molecule has 2 heteroatoms. The zero-order valence-electron chi connectivity index (χ0n) is 11.2. The molecule has 18 heavy (non-hydrogen) atoms. The van der Waals surface area contributed by atoms with Crippen molar-refractivity contribution in [1.82, 2.24) is 4.90 Å². The third-order valence-electron chi connectivity index (χ3n) is 3.52. The van der Waals surface area contributed by atoms with Crippen molar-refractivity contribution in [1.29, 1.82) is 0 Å². The van der Waals surface area contributed by atoms with Crippen LogP contribution in [-0.4, -0.2) is 30.1 Å². The van der Waals surface area contributed by atoms with Crippen LogP contribution < -0.4 is 0 Å². The van der Waals surface area contributed by atoms with Crippen LogP contribution in [0.4, 0.5) is 0 Å². The van der Waals surface area contributed by atoms with Crippen LogP contribution in [0.1, 0.15) is 18.6 Å². The van der Waals surface area contributed by atoms with Gasteiger partial charge in [-0.1, -0.05) is 30.3 Å². The lowest BCUT2D eigenvalue weighted by Crippen LogP contribution is -2.34. The van der Waals surface area contributed by atoms with E-state index in [0.717, 1.165) is 11.5 Å². The minimum atomic E-state index is -0.543. The van der Waals surface area contributed by atoms with E-state index in [1.54, 1.807) is 0 Å². The summed E-state index contributed by atoms with van der Waals surface area (Å²) in [5.41, 5.74) is 0.941. The molecule has 1 fully saturated rings. The first kappa shape index (κ1) is 13.6. The number of aliphatic hydroxyl groups excluding tert-OH is 1. The molecule has 2 rings (SSSR count). The molecule has 0 heterocycles. The van der Waals surface area contributed by atoms with E-state index in [1.807, 2.05) is 43.2 Å². The van der Waals surface area contributed by atoms with E-state index >= 15 is 0 Å². The Hall–Kier alpha value is -0.860. The summed E-state index contributed by atoms with van der Waals surface area (Å²) >= 11 is 0. The molecule has 1 saturated carbocycles. The Labute approximate surface area is 111 Å². The molecule has 0 aromatic heterocycles. The van der Waals surface area contributed by atoms with Gasteiger partial charge in [0.2, 0.25) is 0 Å². The molecule has 1 aliphatic carbocycles. The van der Waals surface area contributed by atoms with Gasteiger partial charge in [0, 0.05) is 17.9 Å². The van der Waals surface area contributed by atoms with Gasteiger partial charge in [0.05, 0.1) is 6.10 Å². The summed E-state index contributed by atoms with van der Waals surface area (Å²) in [4.78, 5) is 2.15. The summed E-state index contributed by atoms with van der Waals surface area (Å²) in [5, 5.41) is 10.5. The van der Waals surface area contributed by atoms with Crippen LogP contribution in [0.2, 0.25) is 0 Å². The molecule has 0 bridgehead atoms. The highest BCUT2D eigenvalue weighted by Crippen LogP contribution is 2.44. The highest BCUT2D eigenvalue weighted by atomic mass is 16.3. The minimum Gasteiger partial charge on any atom is -0.388 e. The summed E-state index contributed by atoms with van der Waals surface area (Å²) in [6.45, 7) is 2.15. The number of hydrogen-bond donors (Lipinski definition) is 1. The van der Waals surface area contributed by atoms with Crippen LogP contribution >= 0.6 is 0 Å². The van der Waals surface area contributed by atoms with Gasteiger partial charge in [0.1, 0.15) is 0 Å². The second-order valence-electron chi connectivity index (χ2n) is 4.89. The number of nitrogens with zero attached hydrogens (tertiary/aromatic N) is 1. The van der Waals surface area contributed by atoms with Gasteiger partial charge in [-0.25, -0.2) is 0 Å².